The number of H-pyrrole nitrogens is 1. The van der Waals surface area contributed by atoms with Crippen LogP contribution in [0.5, 0.6) is 0 Å². The number of carbonyl (C=O) groups excluding carboxylic acids is 1. The summed E-state index contributed by atoms with van der Waals surface area (Å²) in [4.78, 5) is 37.3. The van der Waals surface area contributed by atoms with Gasteiger partial charge in [-0.1, -0.05) is 18.2 Å². The maximum absolute atomic E-state index is 14.2. The zero-order valence-electron chi connectivity index (χ0n) is 13.5. The first-order valence-corrected chi connectivity index (χ1v) is 7.79. The van der Waals surface area contributed by atoms with Gasteiger partial charge in [-0.25, -0.2) is 14.0 Å². The van der Waals surface area contributed by atoms with Crippen molar-refractivity contribution in [3.63, 3.8) is 0 Å². The quantitative estimate of drug-likeness (QED) is 0.842. The molecule has 0 aliphatic carbocycles. The first-order chi connectivity index (χ1) is 12.0. The number of nitrogens with zero attached hydrogens (tertiary/aromatic N) is 1. The summed E-state index contributed by atoms with van der Waals surface area (Å²) in [7, 11) is 0. The first-order valence-electron chi connectivity index (χ1n) is 7.79. The fourth-order valence-electron chi connectivity index (χ4n) is 2.63. The maximum Gasteiger partial charge on any atom is 0.338 e. The molecule has 0 radical (unpaired) electrons. The molecule has 2 heterocycles. The lowest BCUT2D eigenvalue weighted by Crippen LogP contribution is -2.33. The van der Waals surface area contributed by atoms with Crippen LogP contribution >= 0.6 is 0 Å². The Labute approximate surface area is 142 Å². The van der Waals surface area contributed by atoms with Crippen LogP contribution in [0.2, 0.25) is 0 Å². The van der Waals surface area contributed by atoms with Crippen LogP contribution in [-0.2, 0) is 9.47 Å². The van der Waals surface area contributed by atoms with Gasteiger partial charge in [0.1, 0.15) is 25.1 Å². The zero-order chi connectivity index (χ0) is 18.0. The van der Waals surface area contributed by atoms with E-state index in [2.05, 4.69) is 4.98 Å². The number of aromatic nitrogens is 2. The summed E-state index contributed by atoms with van der Waals surface area (Å²) in [5.74, 6) is -0.572. The Morgan fingerprint density at radius 1 is 1.36 bits per heavy atom. The Kier molecular flexibility index (Phi) is 4.80. The number of nitrogens with one attached hydrogen (secondary N) is 1. The number of aromatic amines is 1. The van der Waals surface area contributed by atoms with Gasteiger partial charge in [-0.2, -0.15) is 0 Å². The minimum absolute atomic E-state index is 0.0705. The van der Waals surface area contributed by atoms with Crippen molar-refractivity contribution in [3.8, 4) is 0 Å². The Morgan fingerprint density at radius 3 is 2.80 bits per heavy atom. The number of rotatable bonds is 4. The molecule has 3 rings (SSSR count). The molecule has 2 aromatic rings. The highest BCUT2D eigenvalue weighted by Crippen LogP contribution is 2.30. The SMILES string of the molecule is Cc1cn([C@H]2C[C@H](F)[C@@H](COC(=O)c3ccccc3)O2)c(=O)[nH]c1=O. The van der Waals surface area contributed by atoms with E-state index in [1.54, 1.807) is 30.3 Å². The molecule has 3 atom stereocenters. The van der Waals surface area contributed by atoms with Crippen molar-refractivity contribution < 1.29 is 18.7 Å². The van der Waals surface area contributed by atoms with Gasteiger partial charge in [-0.05, 0) is 19.1 Å². The average molecular weight is 348 g/mol. The summed E-state index contributed by atoms with van der Waals surface area (Å²) < 4.78 is 25.9. The van der Waals surface area contributed by atoms with E-state index in [1.807, 2.05) is 0 Å². The number of esters is 1. The van der Waals surface area contributed by atoms with Crippen molar-refractivity contribution in [2.75, 3.05) is 6.61 Å². The Morgan fingerprint density at radius 2 is 2.08 bits per heavy atom. The molecular formula is C17H17FN2O5. The van der Waals surface area contributed by atoms with Gasteiger partial charge in [-0.15, -0.1) is 0 Å². The second-order valence-corrected chi connectivity index (χ2v) is 5.82. The third kappa shape index (κ3) is 3.69. The van der Waals surface area contributed by atoms with Gasteiger partial charge < -0.3 is 9.47 Å². The predicted molar refractivity (Wildman–Crippen MR) is 86.2 cm³/mol. The molecule has 1 aromatic carbocycles. The van der Waals surface area contributed by atoms with Crippen molar-refractivity contribution in [1.82, 2.24) is 9.55 Å². The second-order valence-electron chi connectivity index (χ2n) is 5.82. The van der Waals surface area contributed by atoms with E-state index in [0.29, 0.717) is 11.1 Å². The Balaban J connectivity index is 1.66. The van der Waals surface area contributed by atoms with Gasteiger partial charge in [0.25, 0.3) is 5.56 Å². The molecule has 1 aliphatic rings. The van der Waals surface area contributed by atoms with Crippen LogP contribution < -0.4 is 11.2 Å². The molecule has 1 saturated heterocycles. The summed E-state index contributed by atoms with van der Waals surface area (Å²) in [5.41, 5.74) is -0.489. The summed E-state index contributed by atoms with van der Waals surface area (Å²) in [6.45, 7) is 1.28. The highest BCUT2D eigenvalue weighted by molar-refractivity contribution is 5.89. The van der Waals surface area contributed by atoms with E-state index >= 15 is 0 Å². The third-order valence-corrected chi connectivity index (χ3v) is 4.01. The molecule has 0 bridgehead atoms. The van der Waals surface area contributed by atoms with Crippen molar-refractivity contribution in [2.45, 2.75) is 31.8 Å². The van der Waals surface area contributed by atoms with Gasteiger partial charge in [0.05, 0.1) is 5.56 Å². The molecule has 0 amide bonds. The molecule has 132 valence electrons. The molecule has 25 heavy (non-hydrogen) atoms. The number of benzene rings is 1. The van der Waals surface area contributed by atoms with Crippen molar-refractivity contribution >= 4 is 5.97 Å². The van der Waals surface area contributed by atoms with Gasteiger partial charge in [0.2, 0.25) is 0 Å². The van der Waals surface area contributed by atoms with Crippen LogP contribution in [0.4, 0.5) is 4.39 Å². The number of halogens is 1. The molecule has 0 unspecified atom stereocenters. The normalized spacial score (nSPS) is 22.7. The van der Waals surface area contributed by atoms with Crippen LogP contribution in [-0.4, -0.2) is 34.4 Å². The molecule has 0 saturated carbocycles. The first kappa shape index (κ1) is 17.1. The molecular weight excluding hydrogens is 331 g/mol. The molecule has 1 N–H and O–H groups in total. The van der Waals surface area contributed by atoms with E-state index < -0.39 is 35.7 Å². The maximum atomic E-state index is 14.2. The molecule has 1 aromatic heterocycles. The summed E-state index contributed by atoms with van der Waals surface area (Å²) in [5, 5.41) is 0. The summed E-state index contributed by atoms with van der Waals surface area (Å²) in [6.07, 6.45) is -1.97. The lowest BCUT2D eigenvalue weighted by atomic mass is 10.2. The highest BCUT2D eigenvalue weighted by Gasteiger charge is 2.37. The van der Waals surface area contributed by atoms with Crippen molar-refractivity contribution in [2.24, 2.45) is 0 Å². The average Bonchev–Trinajstić information content (AvgIpc) is 2.97. The van der Waals surface area contributed by atoms with E-state index in [0.717, 1.165) is 4.57 Å². The number of hydrogen-bond donors (Lipinski definition) is 1. The van der Waals surface area contributed by atoms with Crippen molar-refractivity contribution in [3.05, 3.63) is 68.5 Å². The summed E-state index contributed by atoms with van der Waals surface area (Å²) >= 11 is 0. The van der Waals surface area contributed by atoms with Gasteiger partial charge >= 0.3 is 11.7 Å². The standard InChI is InChI=1S/C17H17FN2O5/c1-10-8-20(17(23)19-15(10)21)14-7-12(18)13(25-14)9-24-16(22)11-5-3-2-4-6-11/h2-6,8,12-14H,7,9H2,1H3,(H,19,21,23)/t12-,13+,14+/m0/s1. The lowest BCUT2D eigenvalue weighted by Gasteiger charge is -2.16. The van der Waals surface area contributed by atoms with Gasteiger partial charge in [0, 0.05) is 18.2 Å². The molecule has 0 spiro atoms. The van der Waals surface area contributed by atoms with Crippen LogP contribution in [0.3, 0.4) is 0 Å². The minimum Gasteiger partial charge on any atom is -0.459 e. The van der Waals surface area contributed by atoms with E-state index in [-0.39, 0.29) is 13.0 Å². The van der Waals surface area contributed by atoms with Gasteiger partial charge in [0.15, 0.2) is 0 Å². The molecule has 8 heteroatoms. The number of hydrogen-bond acceptors (Lipinski definition) is 5. The third-order valence-electron chi connectivity index (χ3n) is 4.01. The highest BCUT2D eigenvalue weighted by atomic mass is 19.1. The van der Waals surface area contributed by atoms with Crippen LogP contribution in [0.25, 0.3) is 0 Å². The van der Waals surface area contributed by atoms with Gasteiger partial charge in [-0.3, -0.25) is 14.3 Å². The second kappa shape index (κ2) is 7.02. The smallest absolute Gasteiger partial charge is 0.338 e. The fraction of sp³-hybridized carbons (Fsp3) is 0.353. The molecule has 1 aliphatic heterocycles. The number of aryl methyl sites for hydroxylation is 1. The summed E-state index contributed by atoms with van der Waals surface area (Å²) in [6, 6.07) is 8.35. The van der Waals surface area contributed by atoms with Crippen molar-refractivity contribution in [1.29, 1.82) is 0 Å². The van der Waals surface area contributed by atoms with E-state index in [1.165, 1.54) is 13.1 Å². The number of ether oxygens (including phenoxy) is 2. The Hall–Kier alpha value is -2.74. The molecule has 7 nitrogen and oxygen atoms in total. The predicted octanol–water partition coefficient (Wildman–Crippen LogP) is 1.33. The largest absolute Gasteiger partial charge is 0.459 e. The monoisotopic (exact) mass is 348 g/mol. The fourth-order valence-corrected chi connectivity index (χ4v) is 2.63. The number of carbonyl (C=O) groups is 1. The number of alkyl halides is 1. The zero-order valence-corrected chi connectivity index (χ0v) is 13.5. The van der Waals surface area contributed by atoms with Crippen LogP contribution in [0, 0.1) is 6.92 Å². The van der Waals surface area contributed by atoms with E-state index in [4.69, 9.17) is 9.47 Å². The van der Waals surface area contributed by atoms with E-state index in [9.17, 15) is 18.8 Å². The Bertz CT molecular complexity index is 877. The minimum atomic E-state index is -1.40. The topological polar surface area (TPSA) is 90.4 Å². The van der Waals surface area contributed by atoms with Crippen LogP contribution in [0.1, 0.15) is 28.6 Å². The van der Waals surface area contributed by atoms with Crippen LogP contribution in [0.15, 0.2) is 46.1 Å². The lowest BCUT2D eigenvalue weighted by molar-refractivity contribution is -0.0440. The molecule has 1 fully saturated rings.